The van der Waals surface area contributed by atoms with Crippen molar-refractivity contribution in [3.05, 3.63) is 12.7 Å². The maximum atomic E-state index is 11.3. The predicted molar refractivity (Wildman–Crippen MR) is 53.0 cm³/mol. The van der Waals surface area contributed by atoms with Gasteiger partial charge in [0.05, 0.1) is 12.7 Å². The molecule has 0 unspecified atom stereocenters. The van der Waals surface area contributed by atoms with Crippen LogP contribution in [0.4, 0.5) is 4.79 Å². The van der Waals surface area contributed by atoms with Crippen molar-refractivity contribution < 1.29 is 14.3 Å². The molecule has 82 valence electrons. The van der Waals surface area contributed by atoms with Gasteiger partial charge in [-0.25, -0.2) is 4.79 Å². The Morgan fingerprint density at radius 1 is 1.73 bits per heavy atom. The number of rotatable bonds is 4. The van der Waals surface area contributed by atoms with Crippen LogP contribution in [0.3, 0.4) is 0 Å². The number of ether oxygens (including phenoxy) is 2. The van der Waals surface area contributed by atoms with E-state index in [0.717, 1.165) is 0 Å². The van der Waals surface area contributed by atoms with Gasteiger partial charge in [-0.2, -0.15) is 5.26 Å². The highest BCUT2D eigenvalue weighted by atomic mass is 16.6. The number of carbonyl (C=O) groups is 1. The van der Waals surface area contributed by atoms with Gasteiger partial charge in [0.1, 0.15) is 12.0 Å². The van der Waals surface area contributed by atoms with E-state index in [4.69, 9.17) is 14.7 Å². The average Bonchev–Trinajstić information content (AvgIpc) is 2.19. The molecule has 1 fully saturated rings. The lowest BCUT2D eigenvalue weighted by Gasteiger charge is -2.43. The van der Waals surface area contributed by atoms with Crippen molar-refractivity contribution >= 4 is 6.09 Å². The molecule has 1 aliphatic heterocycles. The quantitative estimate of drug-likeness (QED) is 0.643. The van der Waals surface area contributed by atoms with Gasteiger partial charge in [-0.05, 0) is 0 Å². The van der Waals surface area contributed by atoms with Gasteiger partial charge in [0.15, 0.2) is 0 Å². The van der Waals surface area contributed by atoms with E-state index in [1.54, 1.807) is 0 Å². The minimum Gasteiger partial charge on any atom is -0.445 e. The molecule has 1 saturated heterocycles. The van der Waals surface area contributed by atoms with E-state index in [2.05, 4.69) is 12.6 Å². The molecule has 1 heterocycles. The number of nitrogens with zero attached hydrogens (tertiary/aromatic N) is 2. The topological polar surface area (TPSA) is 62.6 Å². The summed E-state index contributed by atoms with van der Waals surface area (Å²) in [7, 11) is 1.54. The maximum absolute atomic E-state index is 11.3. The molecule has 0 atom stereocenters. The molecule has 0 saturated carbocycles. The second-order valence-corrected chi connectivity index (χ2v) is 3.55. The molecule has 0 spiro atoms. The van der Waals surface area contributed by atoms with E-state index >= 15 is 0 Å². The molecular formula is C10H14N2O3. The second kappa shape index (κ2) is 4.80. The van der Waals surface area contributed by atoms with Gasteiger partial charge < -0.3 is 14.4 Å². The average molecular weight is 210 g/mol. The largest absolute Gasteiger partial charge is 0.445 e. The number of methoxy groups -OCH3 is 1. The maximum Gasteiger partial charge on any atom is 0.410 e. The van der Waals surface area contributed by atoms with E-state index in [0.29, 0.717) is 19.7 Å². The number of amides is 1. The number of likely N-dealkylation sites (tertiary alicyclic amines) is 1. The third-order valence-corrected chi connectivity index (χ3v) is 2.23. The highest BCUT2D eigenvalue weighted by Crippen LogP contribution is 2.30. The van der Waals surface area contributed by atoms with Crippen molar-refractivity contribution in [3.63, 3.8) is 0 Å². The lowest BCUT2D eigenvalue weighted by Crippen LogP contribution is -2.59. The Labute approximate surface area is 88.9 Å². The first-order valence-electron chi connectivity index (χ1n) is 4.60. The highest BCUT2D eigenvalue weighted by molar-refractivity contribution is 5.69. The molecule has 0 aromatic carbocycles. The van der Waals surface area contributed by atoms with Crippen LogP contribution in [-0.4, -0.2) is 44.4 Å². The minimum atomic E-state index is -0.554. The SMILES string of the molecule is C=CCOC(=O)N1CC(C#N)(COC)C1. The van der Waals surface area contributed by atoms with E-state index in [9.17, 15) is 4.79 Å². The van der Waals surface area contributed by atoms with Gasteiger partial charge in [0.25, 0.3) is 0 Å². The molecule has 0 aromatic heterocycles. The molecule has 1 aliphatic rings. The molecule has 0 radical (unpaired) electrons. The van der Waals surface area contributed by atoms with Crippen LogP contribution >= 0.6 is 0 Å². The molecule has 0 N–H and O–H groups in total. The molecule has 0 aliphatic carbocycles. The zero-order chi connectivity index (χ0) is 11.3. The van der Waals surface area contributed by atoms with E-state index in [1.807, 2.05) is 0 Å². The number of nitriles is 1. The highest BCUT2D eigenvalue weighted by Gasteiger charge is 2.46. The molecule has 1 amide bonds. The van der Waals surface area contributed by atoms with Crippen molar-refractivity contribution in [1.29, 1.82) is 5.26 Å². The van der Waals surface area contributed by atoms with Crippen molar-refractivity contribution in [1.82, 2.24) is 4.90 Å². The standard InChI is InChI=1S/C10H14N2O3/c1-3-4-15-9(13)12-6-10(5-11,7-12)8-14-2/h3H,1,4,6-8H2,2H3. The third kappa shape index (κ3) is 2.48. The van der Waals surface area contributed by atoms with Crippen LogP contribution < -0.4 is 0 Å². The normalized spacial score (nSPS) is 17.5. The van der Waals surface area contributed by atoms with Gasteiger partial charge in [0.2, 0.25) is 0 Å². The van der Waals surface area contributed by atoms with Gasteiger partial charge >= 0.3 is 6.09 Å². The van der Waals surface area contributed by atoms with Gasteiger partial charge in [-0.15, -0.1) is 0 Å². The minimum absolute atomic E-state index is 0.194. The lowest BCUT2D eigenvalue weighted by molar-refractivity contribution is -0.0123. The zero-order valence-corrected chi connectivity index (χ0v) is 8.73. The van der Waals surface area contributed by atoms with Crippen LogP contribution in [0.15, 0.2) is 12.7 Å². The van der Waals surface area contributed by atoms with Crippen LogP contribution in [0.2, 0.25) is 0 Å². The fraction of sp³-hybridized carbons (Fsp3) is 0.600. The summed E-state index contributed by atoms with van der Waals surface area (Å²) in [5.74, 6) is 0. The fourth-order valence-electron chi connectivity index (χ4n) is 1.51. The van der Waals surface area contributed by atoms with Crippen LogP contribution in [0.25, 0.3) is 0 Å². The summed E-state index contributed by atoms with van der Waals surface area (Å²) in [5.41, 5.74) is -0.554. The first-order chi connectivity index (χ1) is 7.17. The number of carbonyl (C=O) groups excluding carboxylic acids is 1. The summed E-state index contributed by atoms with van der Waals surface area (Å²) in [6, 6.07) is 2.16. The fourth-order valence-corrected chi connectivity index (χ4v) is 1.51. The van der Waals surface area contributed by atoms with Gasteiger partial charge in [-0.1, -0.05) is 12.7 Å². The van der Waals surface area contributed by atoms with Gasteiger partial charge in [-0.3, -0.25) is 0 Å². The molecule has 0 bridgehead atoms. The molecule has 0 aromatic rings. The van der Waals surface area contributed by atoms with Crippen LogP contribution in [0.5, 0.6) is 0 Å². The van der Waals surface area contributed by atoms with Crippen molar-refractivity contribution in [2.75, 3.05) is 33.4 Å². The van der Waals surface area contributed by atoms with Gasteiger partial charge in [0, 0.05) is 20.2 Å². The Bertz CT molecular complexity index is 290. The molecule has 15 heavy (non-hydrogen) atoms. The van der Waals surface area contributed by atoms with E-state index in [-0.39, 0.29) is 6.61 Å². The van der Waals surface area contributed by atoms with Crippen LogP contribution in [0, 0.1) is 16.7 Å². The lowest BCUT2D eigenvalue weighted by atomic mass is 9.82. The first kappa shape index (κ1) is 11.5. The Kier molecular flexibility index (Phi) is 3.69. The van der Waals surface area contributed by atoms with Crippen molar-refractivity contribution in [2.45, 2.75) is 0 Å². The summed E-state index contributed by atoms with van der Waals surface area (Å²) in [6.45, 7) is 4.71. The monoisotopic (exact) mass is 210 g/mol. The first-order valence-corrected chi connectivity index (χ1v) is 4.60. The summed E-state index contributed by atoms with van der Waals surface area (Å²) < 4.78 is 9.76. The third-order valence-electron chi connectivity index (χ3n) is 2.23. The molecule has 5 heteroatoms. The van der Waals surface area contributed by atoms with E-state index in [1.165, 1.54) is 18.1 Å². The summed E-state index contributed by atoms with van der Waals surface area (Å²) in [5, 5.41) is 8.92. The zero-order valence-electron chi connectivity index (χ0n) is 8.73. The molecule has 1 rings (SSSR count). The Hall–Kier alpha value is -1.54. The predicted octanol–water partition coefficient (Wildman–Crippen LogP) is 0.781. The second-order valence-electron chi connectivity index (χ2n) is 3.55. The summed E-state index contributed by atoms with van der Waals surface area (Å²) in [4.78, 5) is 12.8. The smallest absolute Gasteiger partial charge is 0.410 e. The van der Waals surface area contributed by atoms with Crippen LogP contribution in [0.1, 0.15) is 0 Å². The Morgan fingerprint density at radius 3 is 2.87 bits per heavy atom. The Morgan fingerprint density at radius 2 is 2.40 bits per heavy atom. The van der Waals surface area contributed by atoms with Crippen molar-refractivity contribution in [3.8, 4) is 6.07 Å². The van der Waals surface area contributed by atoms with E-state index < -0.39 is 11.5 Å². The Balaban J connectivity index is 2.38. The molecular weight excluding hydrogens is 196 g/mol. The number of hydrogen-bond acceptors (Lipinski definition) is 4. The number of hydrogen-bond donors (Lipinski definition) is 0. The van der Waals surface area contributed by atoms with Crippen molar-refractivity contribution in [2.24, 2.45) is 5.41 Å². The summed E-state index contributed by atoms with van der Waals surface area (Å²) >= 11 is 0. The van der Waals surface area contributed by atoms with Crippen LogP contribution in [-0.2, 0) is 9.47 Å². The summed E-state index contributed by atoms with van der Waals surface area (Å²) in [6.07, 6.45) is 1.10. The molecule has 5 nitrogen and oxygen atoms in total.